The van der Waals surface area contributed by atoms with E-state index in [9.17, 15) is 4.79 Å². The molecule has 0 aromatic carbocycles. The first kappa shape index (κ1) is 20.3. The summed E-state index contributed by atoms with van der Waals surface area (Å²) in [7, 11) is 1.94. The fourth-order valence-electron chi connectivity index (χ4n) is 4.80. The van der Waals surface area contributed by atoms with Gasteiger partial charge in [-0.2, -0.15) is 0 Å². The summed E-state index contributed by atoms with van der Waals surface area (Å²) >= 11 is 0. The van der Waals surface area contributed by atoms with Crippen molar-refractivity contribution in [3.8, 4) is 22.5 Å². The van der Waals surface area contributed by atoms with Crippen molar-refractivity contribution in [2.75, 3.05) is 28.2 Å². The molecule has 2 aliphatic rings. The molecule has 1 saturated heterocycles. The molecule has 4 aromatic rings. The number of aromatic nitrogens is 5. The van der Waals surface area contributed by atoms with E-state index in [0.29, 0.717) is 11.6 Å². The Morgan fingerprint density at radius 3 is 2.76 bits per heavy atom. The molecule has 0 saturated carbocycles. The van der Waals surface area contributed by atoms with Crippen molar-refractivity contribution in [3.05, 3.63) is 67.0 Å². The molecule has 4 aromatic heterocycles. The SMILES string of the molecule is Cc1cc(-c2ccc3c(n2)N(C(=O)Nc2cc(-c4cncn4C)ccn2)[C@H]2CCN3C2)ccn1. The van der Waals surface area contributed by atoms with Crippen LogP contribution in [0.1, 0.15) is 12.1 Å². The highest BCUT2D eigenvalue weighted by Crippen LogP contribution is 2.40. The summed E-state index contributed by atoms with van der Waals surface area (Å²) < 4.78 is 1.93. The van der Waals surface area contributed by atoms with Gasteiger partial charge in [0.25, 0.3) is 0 Å². The van der Waals surface area contributed by atoms with Crippen LogP contribution in [0.3, 0.4) is 0 Å². The van der Waals surface area contributed by atoms with Crippen molar-refractivity contribution in [1.29, 1.82) is 0 Å². The van der Waals surface area contributed by atoms with Gasteiger partial charge >= 0.3 is 6.03 Å². The molecule has 1 fully saturated rings. The molecule has 0 aliphatic carbocycles. The van der Waals surface area contributed by atoms with E-state index < -0.39 is 0 Å². The Labute approximate surface area is 197 Å². The molecule has 1 N–H and O–H groups in total. The van der Waals surface area contributed by atoms with Gasteiger partial charge in [0.2, 0.25) is 0 Å². The van der Waals surface area contributed by atoms with Crippen LogP contribution >= 0.6 is 0 Å². The van der Waals surface area contributed by atoms with Crippen LogP contribution in [-0.4, -0.2) is 49.7 Å². The largest absolute Gasteiger partial charge is 0.366 e. The van der Waals surface area contributed by atoms with Crippen molar-refractivity contribution in [2.45, 2.75) is 19.4 Å². The van der Waals surface area contributed by atoms with Gasteiger partial charge in [-0.25, -0.2) is 19.7 Å². The Bertz CT molecular complexity index is 1400. The zero-order valence-electron chi connectivity index (χ0n) is 19.0. The molecular weight excluding hydrogens is 428 g/mol. The maximum Gasteiger partial charge on any atom is 0.329 e. The maximum atomic E-state index is 13.6. The highest BCUT2D eigenvalue weighted by atomic mass is 16.2. The number of carbonyl (C=O) groups excluding carboxylic acids is 1. The minimum atomic E-state index is -0.224. The predicted octanol–water partition coefficient (Wildman–Crippen LogP) is 3.88. The highest BCUT2D eigenvalue weighted by molar-refractivity contribution is 6.04. The smallest absolute Gasteiger partial charge is 0.329 e. The van der Waals surface area contributed by atoms with E-state index in [-0.39, 0.29) is 12.1 Å². The van der Waals surface area contributed by atoms with Crippen LogP contribution in [-0.2, 0) is 7.05 Å². The van der Waals surface area contributed by atoms with Crippen LogP contribution in [0, 0.1) is 6.92 Å². The van der Waals surface area contributed by atoms with E-state index in [1.54, 1.807) is 29.8 Å². The molecule has 0 unspecified atom stereocenters. The zero-order valence-corrected chi connectivity index (χ0v) is 19.0. The lowest BCUT2D eigenvalue weighted by atomic mass is 10.1. The number of anilines is 3. The minimum absolute atomic E-state index is 0.0645. The molecule has 2 aliphatic heterocycles. The van der Waals surface area contributed by atoms with Crippen LogP contribution in [0.5, 0.6) is 0 Å². The molecule has 0 radical (unpaired) electrons. The number of aryl methyl sites for hydroxylation is 2. The summed E-state index contributed by atoms with van der Waals surface area (Å²) in [6, 6.07) is 11.6. The van der Waals surface area contributed by atoms with Crippen LogP contribution < -0.4 is 15.1 Å². The van der Waals surface area contributed by atoms with E-state index in [4.69, 9.17) is 4.98 Å². The maximum absolute atomic E-state index is 13.6. The van der Waals surface area contributed by atoms with Crippen LogP contribution in [0.2, 0.25) is 0 Å². The zero-order chi connectivity index (χ0) is 23.2. The number of amides is 2. The molecule has 9 nitrogen and oxygen atoms in total. The van der Waals surface area contributed by atoms with E-state index >= 15 is 0 Å². The molecule has 2 amide bonds. The molecule has 170 valence electrons. The van der Waals surface area contributed by atoms with Gasteiger partial charge in [0, 0.05) is 49.4 Å². The van der Waals surface area contributed by atoms with Crippen molar-refractivity contribution in [1.82, 2.24) is 24.5 Å². The summed E-state index contributed by atoms with van der Waals surface area (Å²) in [6.45, 7) is 3.67. The summed E-state index contributed by atoms with van der Waals surface area (Å²) in [6.07, 6.45) is 7.92. The summed E-state index contributed by atoms with van der Waals surface area (Å²) in [5.41, 5.74) is 5.59. The first-order valence-electron chi connectivity index (χ1n) is 11.3. The Hall–Kier alpha value is -4.27. The Morgan fingerprint density at radius 1 is 1.09 bits per heavy atom. The normalized spacial score (nSPS) is 16.5. The summed E-state index contributed by atoms with van der Waals surface area (Å²) in [5, 5.41) is 3.00. The Morgan fingerprint density at radius 2 is 1.94 bits per heavy atom. The number of pyridine rings is 3. The Balaban J connectivity index is 1.34. The van der Waals surface area contributed by atoms with E-state index in [2.05, 4.69) is 31.2 Å². The van der Waals surface area contributed by atoms with Gasteiger partial charge in [-0.3, -0.25) is 15.2 Å². The molecule has 1 atom stereocenters. The number of imidazole rings is 1. The fraction of sp³-hybridized carbons (Fsp3) is 0.240. The lowest BCUT2D eigenvalue weighted by Gasteiger charge is -2.35. The van der Waals surface area contributed by atoms with Gasteiger partial charge in [0.05, 0.1) is 35.6 Å². The van der Waals surface area contributed by atoms with Crippen LogP contribution in [0.4, 0.5) is 22.1 Å². The van der Waals surface area contributed by atoms with E-state index in [1.807, 2.05) is 48.9 Å². The lowest BCUT2D eigenvalue weighted by molar-refractivity contribution is 0.254. The third-order valence-corrected chi connectivity index (χ3v) is 6.47. The average Bonchev–Trinajstić information content (AvgIpc) is 3.46. The molecule has 34 heavy (non-hydrogen) atoms. The number of nitrogens with one attached hydrogen (secondary N) is 1. The van der Waals surface area contributed by atoms with Gasteiger partial charge < -0.3 is 9.47 Å². The molecule has 9 heteroatoms. The number of hydrogen-bond donors (Lipinski definition) is 1. The monoisotopic (exact) mass is 452 g/mol. The van der Waals surface area contributed by atoms with Gasteiger partial charge in [-0.1, -0.05) is 0 Å². The fourth-order valence-corrected chi connectivity index (χ4v) is 4.80. The lowest BCUT2D eigenvalue weighted by Crippen LogP contribution is -2.48. The van der Waals surface area contributed by atoms with Gasteiger partial charge in [-0.05, 0) is 49.7 Å². The number of nitrogens with zero attached hydrogens (tertiary/aromatic N) is 7. The van der Waals surface area contributed by atoms with Gasteiger partial charge in [-0.15, -0.1) is 0 Å². The molecule has 6 heterocycles. The summed E-state index contributed by atoms with van der Waals surface area (Å²) in [5.74, 6) is 1.17. The second kappa shape index (κ2) is 7.95. The first-order chi connectivity index (χ1) is 16.6. The van der Waals surface area contributed by atoms with Crippen LogP contribution in [0.15, 0.2) is 61.3 Å². The third-order valence-electron chi connectivity index (χ3n) is 6.47. The highest BCUT2D eigenvalue weighted by Gasteiger charge is 2.40. The Kier molecular flexibility index (Phi) is 4.75. The summed E-state index contributed by atoms with van der Waals surface area (Å²) in [4.78, 5) is 35.5. The molecule has 6 rings (SSSR count). The number of urea groups is 1. The number of rotatable bonds is 3. The van der Waals surface area contributed by atoms with E-state index in [0.717, 1.165) is 53.4 Å². The van der Waals surface area contributed by atoms with E-state index in [1.165, 1.54) is 0 Å². The first-order valence-corrected chi connectivity index (χ1v) is 11.3. The second-order valence-corrected chi connectivity index (χ2v) is 8.73. The van der Waals surface area contributed by atoms with Crippen molar-refractivity contribution in [2.24, 2.45) is 7.05 Å². The van der Waals surface area contributed by atoms with Gasteiger partial charge in [0.1, 0.15) is 5.82 Å². The number of carbonyl (C=O) groups is 1. The van der Waals surface area contributed by atoms with Gasteiger partial charge in [0.15, 0.2) is 5.82 Å². The molecular formula is C25H24N8O. The third kappa shape index (κ3) is 3.45. The molecule has 2 bridgehead atoms. The standard InChI is InChI=1S/C25H24N8O/c1-16-11-17(5-8-27-16)20-3-4-21-24(29-20)33(19-7-10-32(21)14-19)25(34)30-23-12-18(6-9-28-23)22-13-26-15-31(22)2/h3-6,8-9,11-13,15,19H,7,10,14H2,1-2H3,(H,28,30,34)/t19-/m0/s1. The minimum Gasteiger partial charge on any atom is -0.366 e. The second-order valence-electron chi connectivity index (χ2n) is 8.73. The van der Waals surface area contributed by atoms with Crippen LogP contribution in [0.25, 0.3) is 22.5 Å². The topological polar surface area (TPSA) is 92.1 Å². The van der Waals surface area contributed by atoms with Crippen molar-refractivity contribution in [3.63, 3.8) is 0 Å². The van der Waals surface area contributed by atoms with Crippen molar-refractivity contribution >= 4 is 23.4 Å². The number of fused-ring (bicyclic) bond motifs is 4. The average molecular weight is 453 g/mol. The molecule has 0 spiro atoms. The predicted molar refractivity (Wildman–Crippen MR) is 131 cm³/mol. The number of hydrogen-bond acceptors (Lipinski definition) is 6. The quantitative estimate of drug-likeness (QED) is 0.507. The van der Waals surface area contributed by atoms with Crippen molar-refractivity contribution < 1.29 is 4.79 Å².